The highest BCUT2D eigenvalue weighted by Crippen LogP contribution is 2.40. The van der Waals surface area contributed by atoms with Gasteiger partial charge >= 0.3 is 0 Å². The van der Waals surface area contributed by atoms with Crippen LogP contribution in [0.5, 0.6) is 0 Å². The van der Waals surface area contributed by atoms with E-state index in [1.807, 2.05) is 44.2 Å². The van der Waals surface area contributed by atoms with Crippen molar-refractivity contribution in [2.75, 3.05) is 4.31 Å². The first-order valence-electron chi connectivity index (χ1n) is 6.75. The van der Waals surface area contributed by atoms with Crippen LogP contribution in [0.15, 0.2) is 47.4 Å². The summed E-state index contributed by atoms with van der Waals surface area (Å²) in [5.41, 5.74) is 4.15. The summed E-state index contributed by atoms with van der Waals surface area (Å²) in [4.78, 5) is 0.351. The van der Waals surface area contributed by atoms with E-state index in [0.29, 0.717) is 4.90 Å². The van der Waals surface area contributed by atoms with Crippen LogP contribution in [-0.2, 0) is 16.4 Å². The average Bonchev–Trinajstić information content (AvgIpc) is 2.77. The van der Waals surface area contributed by atoms with Crippen molar-refractivity contribution in [2.24, 2.45) is 0 Å². The molecule has 0 aliphatic carbocycles. The summed E-state index contributed by atoms with van der Waals surface area (Å²) in [5, 5.41) is 0. The van der Waals surface area contributed by atoms with Crippen LogP contribution in [0.2, 0.25) is 0 Å². The summed E-state index contributed by atoms with van der Waals surface area (Å²) in [6, 6.07) is 12.9. The number of benzene rings is 2. The molecule has 0 radical (unpaired) electrons. The molecule has 0 N–H and O–H groups in total. The predicted octanol–water partition coefficient (Wildman–Crippen LogP) is 3.82. The topological polar surface area (TPSA) is 37.4 Å². The summed E-state index contributed by atoms with van der Waals surface area (Å²) >= 11 is 2.21. The number of hydrogen-bond acceptors (Lipinski definition) is 2. The Morgan fingerprint density at radius 3 is 2.43 bits per heavy atom. The fourth-order valence-corrected chi connectivity index (χ4v) is 5.82. The van der Waals surface area contributed by atoms with Gasteiger partial charge in [0, 0.05) is 6.42 Å². The molecule has 21 heavy (non-hydrogen) atoms. The van der Waals surface area contributed by atoms with Gasteiger partial charge in [-0.1, -0.05) is 52.4 Å². The van der Waals surface area contributed by atoms with Crippen molar-refractivity contribution < 1.29 is 8.42 Å². The van der Waals surface area contributed by atoms with Crippen molar-refractivity contribution in [3.8, 4) is 0 Å². The first-order valence-corrected chi connectivity index (χ1v) is 9.43. The van der Waals surface area contributed by atoms with Crippen LogP contribution in [0.1, 0.15) is 16.7 Å². The predicted molar refractivity (Wildman–Crippen MR) is 93.5 cm³/mol. The molecule has 1 aliphatic heterocycles. The van der Waals surface area contributed by atoms with E-state index in [9.17, 15) is 8.42 Å². The Balaban J connectivity index is 2.12. The molecule has 0 bridgehead atoms. The van der Waals surface area contributed by atoms with Gasteiger partial charge in [0.25, 0.3) is 10.0 Å². The molecule has 5 heteroatoms. The van der Waals surface area contributed by atoms with Gasteiger partial charge < -0.3 is 0 Å². The maximum absolute atomic E-state index is 13.0. The van der Waals surface area contributed by atoms with Gasteiger partial charge in [-0.2, -0.15) is 0 Å². The van der Waals surface area contributed by atoms with Crippen molar-refractivity contribution in [3.63, 3.8) is 0 Å². The maximum Gasteiger partial charge on any atom is 0.265 e. The molecule has 1 atom stereocenters. The SMILES string of the molecule is Cc1ccc(S(=O)(=O)N2c3cccc(C)c3CC2I)cc1. The molecule has 3 rings (SSSR count). The number of nitrogens with zero attached hydrogens (tertiary/aromatic N) is 1. The Labute approximate surface area is 139 Å². The number of anilines is 1. The number of aryl methyl sites for hydroxylation is 2. The summed E-state index contributed by atoms with van der Waals surface area (Å²) < 4.78 is 27.4. The lowest BCUT2D eigenvalue weighted by atomic mass is 10.1. The van der Waals surface area contributed by atoms with E-state index in [1.54, 1.807) is 16.4 Å². The van der Waals surface area contributed by atoms with Crippen LogP contribution < -0.4 is 4.31 Å². The van der Waals surface area contributed by atoms with E-state index in [0.717, 1.165) is 28.8 Å². The first kappa shape index (κ1) is 14.8. The normalized spacial score (nSPS) is 17.9. The van der Waals surface area contributed by atoms with Crippen LogP contribution in [-0.4, -0.2) is 12.5 Å². The molecule has 1 aliphatic rings. The highest BCUT2D eigenvalue weighted by molar-refractivity contribution is 14.1. The van der Waals surface area contributed by atoms with Gasteiger partial charge in [-0.05, 0) is 43.2 Å². The minimum Gasteiger partial charge on any atom is -0.253 e. The van der Waals surface area contributed by atoms with Gasteiger partial charge in [0.15, 0.2) is 0 Å². The molecular formula is C16H16INO2S. The molecule has 1 unspecified atom stereocenters. The second-order valence-corrected chi connectivity index (χ2v) is 8.58. The highest BCUT2D eigenvalue weighted by Gasteiger charge is 2.37. The number of alkyl halides is 1. The lowest BCUT2D eigenvalue weighted by Gasteiger charge is -2.23. The molecule has 0 saturated heterocycles. The quantitative estimate of drug-likeness (QED) is 0.427. The van der Waals surface area contributed by atoms with Gasteiger partial charge in [-0.3, -0.25) is 4.31 Å². The van der Waals surface area contributed by atoms with Crippen LogP contribution in [0.4, 0.5) is 5.69 Å². The van der Waals surface area contributed by atoms with Crippen LogP contribution >= 0.6 is 22.6 Å². The number of hydrogen-bond donors (Lipinski definition) is 0. The van der Waals surface area contributed by atoms with Crippen LogP contribution in [0.25, 0.3) is 0 Å². The second-order valence-electron chi connectivity index (χ2n) is 5.33. The van der Waals surface area contributed by atoms with Gasteiger partial charge in [-0.25, -0.2) is 8.42 Å². The van der Waals surface area contributed by atoms with E-state index in [4.69, 9.17) is 0 Å². The van der Waals surface area contributed by atoms with Gasteiger partial charge in [0.1, 0.15) is 4.05 Å². The first-order chi connectivity index (χ1) is 9.91. The summed E-state index contributed by atoms with van der Waals surface area (Å²) in [5.74, 6) is 0. The molecule has 1 heterocycles. The minimum absolute atomic E-state index is 0.0787. The lowest BCUT2D eigenvalue weighted by molar-refractivity contribution is 0.591. The molecule has 0 fully saturated rings. The highest BCUT2D eigenvalue weighted by atomic mass is 127. The molecular weight excluding hydrogens is 397 g/mol. The Bertz CT molecular complexity index is 784. The largest absolute Gasteiger partial charge is 0.265 e. The van der Waals surface area contributed by atoms with Crippen LogP contribution in [0, 0.1) is 13.8 Å². The Morgan fingerprint density at radius 1 is 1.10 bits per heavy atom. The van der Waals surface area contributed by atoms with E-state index < -0.39 is 10.0 Å². The zero-order chi connectivity index (χ0) is 15.2. The third kappa shape index (κ3) is 2.46. The van der Waals surface area contributed by atoms with Crippen molar-refractivity contribution in [3.05, 3.63) is 59.2 Å². The Morgan fingerprint density at radius 2 is 1.76 bits per heavy atom. The van der Waals surface area contributed by atoms with Gasteiger partial charge in [-0.15, -0.1) is 0 Å². The van der Waals surface area contributed by atoms with Crippen molar-refractivity contribution in [1.82, 2.24) is 0 Å². The van der Waals surface area contributed by atoms with E-state index >= 15 is 0 Å². The summed E-state index contributed by atoms with van der Waals surface area (Å²) in [6.45, 7) is 3.98. The second kappa shape index (κ2) is 5.28. The Kier molecular flexibility index (Phi) is 3.73. The lowest BCUT2D eigenvalue weighted by Crippen LogP contribution is -2.33. The van der Waals surface area contributed by atoms with E-state index in [-0.39, 0.29) is 4.05 Å². The fraction of sp³-hybridized carbons (Fsp3) is 0.250. The zero-order valence-electron chi connectivity index (χ0n) is 11.9. The van der Waals surface area contributed by atoms with Gasteiger partial charge in [0.2, 0.25) is 0 Å². The van der Waals surface area contributed by atoms with E-state index in [1.165, 1.54) is 0 Å². The summed E-state index contributed by atoms with van der Waals surface area (Å²) in [7, 11) is -3.51. The number of fused-ring (bicyclic) bond motifs is 1. The van der Waals surface area contributed by atoms with Crippen LogP contribution in [0.3, 0.4) is 0 Å². The van der Waals surface area contributed by atoms with E-state index in [2.05, 4.69) is 22.6 Å². The Hall–Kier alpha value is -1.08. The third-order valence-electron chi connectivity index (χ3n) is 3.83. The number of rotatable bonds is 2. The maximum atomic E-state index is 13.0. The average molecular weight is 413 g/mol. The summed E-state index contributed by atoms with van der Waals surface area (Å²) in [6.07, 6.45) is 0.758. The zero-order valence-corrected chi connectivity index (χ0v) is 14.8. The molecule has 0 saturated carbocycles. The number of sulfonamides is 1. The number of halogens is 1. The minimum atomic E-state index is -3.51. The molecule has 2 aromatic rings. The fourth-order valence-electron chi connectivity index (χ4n) is 2.66. The van der Waals surface area contributed by atoms with Crippen molar-refractivity contribution >= 4 is 38.3 Å². The molecule has 0 amide bonds. The molecule has 0 spiro atoms. The van der Waals surface area contributed by atoms with Gasteiger partial charge in [0.05, 0.1) is 10.6 Å². The smallest absolute Gasteiger partial charge is 0.253 e. The third-order valence-corrected chi connectivity index (χ3v) is 7.04. The van der Waals surface area contributed by atoms with Crippen molar-refractivity contribution in [1.29, 1.82) is 0 Å². The molecule has 2 aromatic carbocycles. The molecule has 0 aromatic heterocycles. The molecule has 110 valence electrons. The standard InChI is InChI=1S/C16H16INO2S/c1-11-6-8-13(9-7-11)21(19,20)18-15-5-3-4-12(2)14(15)10-16(18)17/h3-9,16H,10H2,1-2H3. The molecule has 3 nitrogen and oxygen atoms in total. The monoisotopic (exact) mass is 413 g/mol. The van der Waals surface area contributed by atoms with Crippen molar-refractivity contribution in [2.45, 2.75) is 29.2 Å².